The van der Waals surface area contributed by atoms with Crippen molar-refractivity contribution in [1.29, 1.82) is 0 Å². The maximum Gasteiger partial charge on any atom is 0.242 e. The van der Waals surface area contributed by atoms with E-state index in [1.165, 1.54) is 12.8 Å². The SMILES string of the molecule is CNC(C(=O)NC1CCN(C2CC2)CC1)c1cnn(C)c1.Cl.Cl. The highest BCUT2D eigenvalue weighted by Crippen LogP contribution is 2.29. The average Bonchev–Trinajstić information content (AvgIpc) is 3.24. The molecule has 0 aromatic carbocycles. The van der Waals surface area contributed by atoms with Crippen molar-refractivity contribution in [2.45, 2.75) is 43.8 Å². The number of aromatic nitrogens is 2. The second kappa shape index (κ2) is 8.87. The van der Waals surface area contributed by atoms with Crippen LogP contribution in [-0.4, -0.2) is 52.8 Å². The minimum absolute atomic E-state index is 0. The first-order valence-electron chi connectivity index (χ1n) is 7.87. The predicted octanol–water partition coefficient (Wildman–Crippen LogP) is 1.27. The van der Waals surface area contributed by atoms with Gasteiger partial charge in [0.1, 0.15) is 6.04 Å². The van der Waals surface area contributed by atoms with Crippen molar-refractivity contribution in [3.63, 3.8) is 0 Å². The molecule has 0 bridgehead atoms. The van der Waals surface area contributed by atoms with Crippen LogP contribution in [-0.2, 0) is 11.8 Å². The van der Waals surface area contributed by atoms with Gasteiger partial charge in [-0.25, -0.2) is 0 Å². The number of amides is 1. The van der Waals surface area contributed by atoms with E-state index < -0.39 is 0 Å². The minimum Gasteiger partial charge on any atom is -0.352 e. The average molecular weight is 364 g/mol. The fourth-order valence-corrected chi connectivity index (χ4v) is 3.17. The van der Waals surface area contributed by atoms with E-state index in [-0.39, 0.29) is 36.8 Å². The van der Waals surface area contributed by atoms with Gasteiger partial charge in [0.25, 0.3) is 0 Å². The second-order valence-electron chi connectivity index (χ2n) is 6.22. The van der Waals surface area contributed by atoms with Crippen molar-refractivity contribution in [2.75, 3.05) is 20.1 Å². The van der Waals surface area contributed by atoms with Crippen molar-refractivity contribution < 1.29 is 4.79 Å². The third-order valence-corrected chi connectivity index (χ3v) is 4.55. The van der Waals surface area contributed by atoms with E-state index in [0.29, 0.717) is 6.04 Å². The molecule has 2 heterocycles. The van der Waals surface area contributed by atoms with E-state index in [2.05, 4.69) is 20.6 Å². The van der Waals surface area contributed by atoms with Crippen LogP contribution in [0.5, 0.6) is 0 Å². The molecule has 2 fully saturated rings. The van der Waals surface area contributed by atoms with Crippen LogP contribution >= 0.6 is 24.8 Å². The molecule has 6 nitrogen and oxygen atoms in total. The molecule has 1 aromatic rings. The summed E-state index contributed by atoms with van der Waals surface area (Å²) in [5.74, 6) is 0.0513. The van der Waals surface area contributed by atoms with E-state index in [1.54, 1.807) is 10.9 Å². The summed E-state index contributed by atoms with van der Waals surface area (Å²) in [6.45, 7) is 2.24. The third kappa shape index (κ3) is 5.08. The predicted molar refractivity (Wildman–Crippen MR) is 95.3 cm³/mol. The van der Waals surface area contributed by atoms with E-state index in [0.717, 1.165) is 37.5 Å². The van der Waals surface area contributed by atoms with E-state index in [1.807, 2.05) is 20.3 Å². The normalized spacial score (nSPS) is 20.3. The number of nitrogens with zero attached hydrogens (tertiary/aromatic N) is 3. The summed E-state index contributed by atoms with van der Waals surface area (Å²) in [6, 6.07) is 0.822. The van der Waals surface area contributed by atoms with Gasteiger partial charge in [0.15, 0.2) is 0 Å². The number of hydrogen-bond acceptors (Lipinski definition) is 4. The van der Waals surface area contributed by atoms with Crippen molar-refractivity contribution >= 4 is 30.7 Å². The largest absolute Gasteiger partial charge is 0.352 e. The summed E-state index contributed by atoms with van der Waals surface area (Å²) in [5, 5.41) is 10.4. The number of likely N-dealkylation sites (N-methyl/N-ethyl adjacent to an activating group) is 1. The van der Waals surface area contributed by atoms with E-state index >= 15 is 0 Å². The lowest BCUT2D eigenvalue weighted by atomic mass is 10.0. The summed E-state index contributed by atoms with van der Waals surface area (Å²) in [7, 11) is 3.68. The molecule has 0 spiro atoms. The van der Waals surface area contributed by atoms with Crippen LogP contribution in [0.15, 0.2) is 12.4 Å². The maximum absolute atomic E-state index is 12.5. The second-order valence-corrected chi connectivity index (χ2v) is 6.22. The summed E-state index contributed by atoms with van der Waals surface area (Å²) in [6.07, 6.45) is 8.48. The smallest absolute Gasteiger partial charge is 0.242 e. The van der Waals surface area contributed by atoms with Gasteiger partial charge in [-0.2, -0.15) is 5.10 Å². The van der Waals surface area contributed by atoms with Crippen LogP contribution in [0.4, 0.5) is 0 Å². The molecule has 1 aromatic heterocycles. The highest BCUT2D eigenvalue weighted by atomic mass is 35.5. The number of rotatable bonds is 5. The standard InChI is InChI=1S/C15H25N5O.2ClH/c1-16-14(11-9-17-19(2)10-11)15(21)18-12-5-7-20(8-6-12)13-3-4-13;;/h9-10,12-14,16H,3-8H2,1-2H3,(H,18,21);2*1H. The van der Waals surface area contributed by atoms with Crippen LogP contribution in [0, 0.1) is 0 Å². The Balaban J connectivity index is 0.00000132. The van der Waals surface area contributed by atoms with Crippen molar-refractivity contribution in [3.05, 3.63) is 18.0 Å². The van der Waals surface area contributed by atoms with Gasteiger partial charge in [0.2, 0.25) is 5.91 Å². The molecular weight excluding hydrogens is 337 g/mol. The van der Waals surface area contributed by atoms with Crippen molar-refractivity contribution in [2.24, 2.45) is 7.05 Å². The van der Waals surface area contributed by atoms with Crippen molar-refractivity contribution in [3.8, 4) is 0 Å². The van der Waals surface area contributed by atoms with Gasteiger partial charge in [-0.1, -0.05) is 0 Å². The van der Waals surface area contributed by atoms with Gasteiger partial charge in [-0.05, 0) is 32.7 Å². The molecule has 1 amide bonds. The van der Waals surface area contributed by atoms with Gasteiger partial charge < -0.3 is 15.5 Å². The fraction of sp³-hybridized carbons (Fsp3) is 0.733. The van der Waals surface area contributed by atoms with Gasteiger partial charge in [-0.3, -0.25) is 9.48 Å². The van der Waals surface area contributed by atoms with Crippen LogP contribution in [0.25, 0.3) is 0 Å². The number of carbonyl (C=O) groups is 1. The Kier molecular flexibility index (Phi) is 7.80. The number of carbonyl (C=O) groups excluding carboxylic acids is 1. The lowest BCUT2D eigenvalue weighted by Crippen LogP contribution is -2.47. The first-order valence-corrected chi connectivity index (χ1v) is 7.87. The number of piperidine rings is 1. The first-order chi connectivity index (χ1) is 10.2. The molecule has 1 saturated heterocycles. The van der Waals surface area contributed by atoms with E-state index in [9.17, 15) is 4.79 Å². The fourth-order valence-electron chi connectivity index (χ4n) is 3.17. The van der Waals surface area contributed by atoms with Crippen molar-refractivity contribution in [1.82, 2.24) is 25.3 Å². The molecule has 132 valence electrons. The zero-order valence-electron chi connectivity index (χ0n) is 13.7. The Morgan fingerprint density at radius 1 is 1.26 bits per heavy atom. The first kappa shape index (κ1) is 20.2. The molecule has 1 unspecified atom stereocenters. The summed E-state index contributed by atoms with van der Waals surface area (Å²) >= 11 is 0. The Morgan fingerprint density at radius 3 is 2.39 bits per heavy atom. The zero-order valence-corrected chi connectivity index (χ0v) is 15.3. The molecule has 1 aliphatic heterocycles. The van der Waals surface area contributed by atoms with Gasteiger partial charge in [0, 0.05) is 44.0 Å². The molecular formula is C15H27Cl2N5O. The molecule has 1 aliphatic carbocycles. The highest BCUT2D eigenvalue weighted by molar-refractivity contribution is 5.85. The number of likely N-dealkylation sites (tertiary alicyclic amines) is 1. The number of nitrogens with one attached hydrogen (secondary N) is 2. The number of hydrogen-bond donors (Lipinski definition) is 2. The van der Waals surface area contributed by atoms with Crippen LogP contribution in [0.1, 0.15) is 37.3 Å². The Bertz CT molecular complexity index is 498. The summed E-state index contributed by atoms with van der Waals surface area (Å²) in [4.78, 5) is 15.0. The Labute approximate surface area is 150 Å². The van der Waals surface area contributed by atoms with Crippen LogP contribution in [0.2, 0.25) is 0 Å². The molecule has 1 saturated carbocycles. The molecule has 8 heteroatoms. The van der Waals surface area contributed by atoms with Crippen LogP contribution < -0.4 is 10.6 Å². The molecule has 1 atom stereocenters. The van der Waals surface area contributed by atoms with Gasteiger partial charge >= 0.3 is 0 Å². The third-order valence-electron chi connectivity index (χ3n) is 4.55. The Hall–Kier alpha value is -0.820. The zero-order chi connectivity index (χ0) is 14.8. The molecule has 2 N–H and O–H groups in total. The van der Waals surface area contributed by atoms with Crippen LogP contribution in [0.3, 0.4) is 0 Å². The van der Waals surface area contributed by atoms with E-state index in [4.69, 9.17) is 0 Å². The molecule has 3 rings (SSSR count). The number of aryl methyl sites for hydroxylation is 1. The van der Waals surface area contributed by atoms with Gasteiger partial charge in [0.05, 0.1) is 6.20 Å². The Morgan fingerprint density at radius 2 is 1.91 bits per heavy atom. The summed E-state index contributed by atoms with van der Waals surface area (Å²) in [5.41, 5.74) is 0.910. The lowest BCUT2D eigenvalue weighted by Gasteiger charge is -2.33. The topological polar surface area (TPSA) is 62.2 Å². The lowest BCUT2D eigenvalue weighted by molar-refractivity contribution is -0.124. The molecule has 0 radical (unpaired) electrons. The number of halogens is 2. The minimum atomic E-state index is -0.319. The monoisotopic (exact) mass is 363 g/mol. The van der Waals surface area contributed by atoms with Gasteiger partial charge in [-0.15, -0.1) is 24.8 Å². The molecule has 23 heavy (non-hydrogen) atoms. The highest BCUT2D eigenvalue weighted by Gasteiger charge is 2.32. The molecule has 2 aliphatic rings. The summed E-state index contributed by atoms with van der Waals surface area (Å²) < 4.78 is 1.72. The quantitative estimate of drug-likeness (QED) is 0.826. The maximum atomic E-state index is 12.5.